The van der Waals surface area contributed by atoms with Crippen molar-refractivity contribution in [3.8, 4) is 0 Å². The van der Waals surface area contributed by atoms with Gasteiger partial charge in [0.2, 0.25) is 5.95 Å². The molecular weight excluding hydrogens is 254 g/mol. The first-order chi connectivity index (χ1) is 8.36. The number of nitro groups is 1. The number of hydrogen-bond acceptors (Lipinski definition) is 7. The van der Waals surface area contributed by atoms with Crippen LogP contribution in [-0.2, 0) is 0 Å². The lowest BCUT2D eigenvalue weighted by Crippen LogP contribution is -2.14. The van der Waals surface area contributed by atoms with E-state index in [1.807, 2.05) is 6.92 Å². The largest absolute Gasteiger partial charge is 0.322 e. The predicted molar refractivity (Wildman–Crippen MR) is 71.4 cm³/mol. The number of nitrogens with zero attached hydrogens (tertiary/aromatic N) is 3. The van der Waals surface area contributed by atoms with Gasteiger partial charge in [-0.1, -0.05) is 32.5 Å². The van der Waals surface area contributed by atoms with Crippen molar-refractivity contribution in [2.24, 2.45) is 11.8 Å². The zero-order valence-electron chi connectivity index (χ0n) is 10.8. The third-order valence-electron chi connectivity index (χ3n) is 2.57. The monoisotopic (exact) mass is 271 g/mol. The molecule has 0 saturated heterocycles. The number of nitrogen functional groups attached to an aromatic ring is 1. The fourth-order valence-corrected chi connectivity index (χ4v) is 2.31. The number of hydrogen-bond donors (Lipinski definition) is 2. The second-order valence-electron chi connectivity index (χ2n) is 4.25. The van der Waals surface area contributed by atoms with Gasteiger partial charge in [0.25, 0.3) is 0 Å². The fourth-order valence-electron chi connectivity index (χ4n) is 1.21. The molecule has 8 heteroatoms. The Kier molecular flexibility index (Phi) is 4.85. The highest BCUT2D eigenvalue weighted by molar-refractivity contribution is 8.00. The molecule has 1 heterocycles. The number of nitrogens with one attached hydrogen (secondary N) is 1. The lowest BCUT2D eigenvalue weighted by atomic mass is 10.2. The summed E-state index contributed by atoms with van der Waals surface area (Å²) in [6, 6.07) is 0. The summed E-state index contributed by atoms with van der Waals surface area (Å²) >= 11 is 1.36. The minimum atomic E-state index is -0.453. The summed E-state index contributed by atoms with van der Waals surface area (Å²) < 4.78 is 0. The lowest BCUT2D eigenvalue weighted by Gasteiger charge is -2.15. The highest BCUT2D eigenvalue weighted by Crippen LogP contribution is 2.35. The van der Waals surface area contributed by atoms with Gasteiger partial charge >= 0.3 is 5.69 Å². The maximum absolute atomic E-state index is 11.1. The van der Waals surface area contributed by atoms with Gasteiger partial charge in [0.1, 0.15) is 5.69 Å². The topological polar surface area (TPSA) is 107 Å². The smallest absolute Gasteiger partial charge is 0.292 e. The lowest BCUT2D eigenvalue weighted by molar-refractivity contribution is -0.389. The van der Waals surface area contributed by atoms with Crippen LogP contribution in [0.3, 0.4) is 0 Å². The van der Waals surface area contributed by atoms with E-state index in [0.29, 0.717) is 16.6 Å². The average Bonchev–Trinajstić information content (AvgIpc) is 2.27. The molecule has 0 aliphatic carbocycles. The van der Waals surface area contributed by atoms with E-state index in [4.69, 9.17) is 5.84 Å². The molecule has 18 heavy (non-hydrogen) atoms. The number of nitrogens with two attached hydrogens (primary N) is 1. The second-order valence-corrected chi connectivity index (χ2v) is 5.62. The van der Waals surface area contributed by atoms with Gasteiger partial charge < -0.3 is 0 Å². The van der Waals surface area contributed by atoms with Crippen molar-refractivity contribution in [2.45, 2.75) is 38.0 Å². The van der Waals surface area contributed by atoms with Crippen LogP contribution in [0.2, 0.25) is 0 Å². The van der Waals surface area contributed by atoms with Crippen molar-refractivity contribution < 1.29 is 4.92 Å². The zero-order valence-corrected chi connectivity index (χ0v) is 11.6. The van der Waals surface area contributed by atoms with Crippen LogP contribution >= 0.6 is 11.8 Å². The molecular formula is C10H17N5O2S. The zero-order chi connectivity index (χ0) is 13.9. The molecule has 3 N–H and O–H groups in total. The number of thioether (sulfide) groups is 1. The molecule has 0 amide bonds. The Morgan fingerprint density at radius 2 is 2.00 bits per heavy atom. The van der Waals surface area contributed by atoms with Gasteiger partial charge in [-0.2, -0.15) is 4.98 Å². The third kappa shape index (κ3) is 3.30. The van der Waals surface area contributed by atoms with E-state index in [2.05, 4.69) is 29.2 Å². The molecule has 0 radical (unpaired) electrons. The van der Waals surface area contributed by atoms with E-state index in [1.54, 1.807) is 6.92 Å². The Morgan fingerprint density at radius 3 is 2.44 bits per heavy atom. The summed E-state index contributed by atoms with van der Waals surface area (Å²) in [5.74, 6) is 5.83. The van der Waals surface area contributed by atoms with Gasteiger partial charge in [0, 0.05) is 5.25 Å². The van der Waals surface area contributed by atoms with Crippen LogP contribution in [0.1, 0.15) is 26.5 Å². The van der Waals surface area contributed by atoms with Crippen LogP contribution < -0.4 is 11.3 Å². The summed E-state index contributed by atoms with van der Waals surface area (Å²) in [5.41, 5.74) is 2.58. The summed E-state index contributed by atoms with van der Waals surface area (Å²) in [6.07, 6.45) is 0. The summed E-state index contributed by atoms with van der Waals surface area (Å²) in [6.45, 7) is 7.69. The third-order valence-corrected chi connectivity index (χ3v) is 4.00. The quantitative estimate of drug-likeness (QED) is 0.277. The molecule has 0 fully saturated rings. The SMILES string of the molecule is Cc1nc(NN)nc(SC(C)C(C)C)c1[N+](=O)[O-]. The van der Waals surface area contributed by atoms with Crippen molar-refractivity contribution in [3.05, 3.63) is 15.8 Å². The molecule has 1 aromatic heterocycles. The number of aromatic nitrogens is 2. The molecule has 7 nitrogen and oxygen atoms in total. The van der Waals surface area contributed by atoms with Gasteiger partial charge in [-0.3, -0.25) is 15.5 Å². The standard InChI is InChI=1S/C10H17N5O2S/c1-5(2)7(4)18-9-8(15(16)17)6(3)12-10(13-9)14-11/h5,7H,11H2,1-4H3,(H,12,13,14). The molecule has 1 atom stereocenters. The van der Waals surface area contributed by atoms with Crippen molar-refractivity contribution >= 4 is 23.4 Å². The molecule has 0 aliphatic rings. The first kappa shape index (κ1) is 14.7. The van der Waals surface area contributed by atoms with Gasteiger partial charge in [-0.05, 0) is 12.8 Å². The number of rotatable bonds is 5. The van der Waals surface area contributed by atoms with Crippen LogP contribution in [0.4, 0.5) is 11.6 Å². The maximum atomic E-state index is 11.1. The van der Waals surface area contributed by atoms with Gasteiger partial charge in [-0.15, -0.1) is 0 Å². The van der Waals surface area contributed by atoms with Crippen LogP contribution in [0, 0.1) is 23.0 Å². The van der Waals surface area contributed by atoms with Crippen LogP contribution in [0.25, 0.3) is 0 Å². The second kappa shape index (κ2) is 5.96. The highest BCUT2D eigenvalue weighted by atomic mass is 32.2. The molecule has 1 rings (SSSR count). The molecule has 0 spiro atoms. The first-order valence-corrected chi connectivity index (χ1v) is 6.41. The minimum absolute atomic E-state index is 0.0495. The van der Waals surface area contributed by atoms with E-state index in [0.717, 1.165) is 0 Å². The van der Waals surface area contributed by atoms with Gasteiger partial charge in [0.05, 0.1) is 4.92 Å². The van der Waals surface area contributed by atoms with Gasteiger partial charge in [0.15, 0.2) is 5.03 Å². The van der Waals surface area contributed by atoms with Crippen molar-refractivity contribution in [1.29, 1.82) is 0 Å². The van der Waals surface area contributed by atoms with Crippen molar-refractivity contribution in [2.75, 3.05) is 5.43 Å². The number of aryl methyl sites for hydroxylation is 1. The van der Waals surface area contributed by atoms with E-state index in [9.17, 15) is 10.1 Å². The van der Waals surface area contributed by atoms with Crippen molar-refractivity contribution in [3.63, 3.8) is 0 Å². The van der Waals surface area contributed by atoms with E-state index in [-0.39, 0.29) is 16.9 Å². The molecule has 0 bridgehead atoms. The molecule has 0 aliphatic heterocycles. The number of hydrazine groups is 1. The minimum Gasteiger partial charge on any atom is -0.292 e. The Bertz CT molecular complexity index is 452. The summed E-state index contributed by atoms with van der Waals surface area (Å²) in [5, 5.41) is 11.6. The van der Waals surface area contributed by atoms with E-state index < -0.39 is 4.92 Å². The first-order valence-electron chi connectivity index (χ1n) is 5.53. The summed E-state index contributed by atoms with van der Waals surface area (Å²) in [4.78, 5) is 18.6. The summed E-state index contributed by atoms with van der Waals surface area (Å²) in [7, 11) is 0. The Labute approximate surface area is 110 Å². The predicted octanol–water partition coefficient (Wildman–Crippen LogP) is 2.12. The van der Waals surface area contributed by atoms with Crippen LogP contribution in [0.15, 0.2) is 5.03 Å². The van der Waals surface area contributed by atoms with E-state index in [1.165, 1.54) is 11.8 Å². The Balaban J connectivity index is 3.21. The van der Waals surface area contributed by atoms with Gasteiger partial charge in [-0.25, -0.2) is 10.8 Å². The fraction of sp³-hybridized carbons (Fsp3) is 0.600. The molecule has 0 saturated carbocycles. The van der Waals surface area contributed by atoms with Crippen LogP contribution in [-0.4, -0.2) is 20.1 Å². The molecule has 1 unspecified atom stereocenters. The molecule has 100 valence electrons. The maximum Gasteiger partial charge on any atom is 0.322 e. The van der Waals surface area contributed by atoms with Crippen LogP contribution in [0.5, 0.6) is 0 Å². The average molecular weight is 271 g/mol. The molecule has 0 aromatic carbocycles. The molecule has 1 aromatic rings. The Hall–Kier alpha value is -1.41. The van der Waals surface area contributed by atoms with Crippen molar-refractivity contribution in [1.82, 2.24) is 9.97 Å². The normalized spacial score (nSPS) is 12.6. The van der Waals surface area contributed by atoms with E-state index >= 15 is 0 Å². The number of anilines is 1. The Morgan fingerprint density at radius 1 is 1.39 bits per heavy atom. The highest BCUT2D eigenvalue weighted by Gasteiger charge is 2.24.